The van der Waals surface area contributed by atoms with E-state index in [-0.39, 0.29) is 5.41 Å². The predicted molar refractivity (Wildman–Crippen MR) is 125 cm³/mol. The molecule has 0 bridgehead atoms. The van der Waals surface area contributed by atoms with E-state index in [1.54, 1.807) is 0 Å². The highest BCUT2D eigenvalue weighted by atomic mass is 32.2. The van der Waals surface area contributed by atoms with Crippen molar-refractivity contribution in [2.24, 2.45) is 10.3 Å². The summed E-state index contributed by atoms with van der Waals surface area (Å²) in [4.78, 5) is 0. The summed E-state index contributed by atoms with van der Waals surface area (Å²) in [5.74, 6) is 0.907. The van der Waals surface area contributed by atoms with Gasteiger partial charge >= 0.3 is 0 Å². The first-order valence-electron chi connectivity index (χ1n) is 10.3. The van der Waals surface area contributed by atoms with Crippen molar-refractivity contribution in [1.29, 1.82) is 0 Å². The van der Waals surface area contributed by atoms with Gasteiger partial charge in [-0.05, 0) is 52.8 Å². The molecule has 2 aliphatic rings. The number of rotatable bonds is 4. The lowest BCUT2D eigenvalue weighted by atomic mass is 9.82. The quantitative estimate of drug-likeness (QED) is 0.509. The Kier molecular flexibility index (Phi) is 4.90. The maximum absolute atomic E-state index is 13.4. The van der Waals surface area contributed by atoms with Crippen molar-refractivity contribution in [3.8, 4) is 11.1 Å². The third-order valence-corrected chi connectivity index (χ3v) is 7.64. The minimum absolute atomic E-state index is 0.0521. The van der Waals surface area contributed by atoms with Gasteiger partial charge in [-0.15, -0.1) is 0 Å². The lowest BCUT2D eigenvalue weighted by Gasteiger charge is -2.22. The topological polar surface area (TPSA) is 29.4 Å². The van der Waals surface area contributed by atoms with E-state index in [4.69, 9.17) is 4.36 Å². The Morgan fingerprint density at radius 2 is 1.79 bits per heavy atom. The summed E-state index contributed by atoms with van der Waals surface area (Å²) in [6.45, 7) is 10.8. The van der Waals surface area contributed by atoms with Gasteiger partial charge in [0, 0.05) is 16.4 Å². The van der Waals surface area contributed by atoms with Gasteiger partial charge in [-0.2, -0.15) is 4.36 Å². The van der Waals surface area contributed by atoms with E-state index in [9.17, 15) is 4.21 Å². The van der Waals surface area contributed by atoms with Gasteiger partial charge in [0.15, 0.2) is 0 Å². The maximum Gasteiger partial charge on any atom is 0.0808 e. The Morgan fingerprint density at radius 3 is 2.55 bits per heavy atom. The molecule has 29 heavy (non-hydrogen) atoms. The second-order valence-corrected chi connectivity index (χ2v) is 11.1. The van der Waals surface area contributed by atoms with Gasteiger partial charge in [0.25, 0.3) is 0 Å². The second kappa shape index (κ2) is 7.14. The lowest BCUT2D eigenvalue weighted by Crippen LogP contribution is -2.15. The Balaban J connectivity index is 1.77. The first-order chi connectivity index (χ1) is 13.7. The first-order valence-corrected chi connectivity index (χ1v) is 12.0. The monoisotopic (exact) mass is 403 g/mol. The predicted octanol–water partition coefficient (Wildman–Crippen LogP) is 6.93. The highest BCUT2D eigenvalue weighted by Gasteiger charge is 2.35. The molecular weight excluding hydrogens is 374 g/mol. The molecule has 1 atom stereocenters. The number of allylic oxidation sites excluding steroid dienone is 3. The minimum atomic E-state index is -2.42. The van der Waals surface area contributed by atoms with Crippen molar-refractivity contribution in [2.75, 3.05) is 5.75 Å². The van der Waals surface area contributed by atoms with Crippen LogP contribution in [-0.4, -0.2) is 9.96 Å². The van der Waals surface area contributed by atoms with E-state index in [1.165, 1.54) is 22.3 Å². The molecular formula is C26H29NOS. The molecule has 0 fully saturated rings. The van der Waals surface area contributed by atoms with Crippen molar-refractivity contribution in [2.45, 2.75) is 40.0 Å². The van der Waals surface area contributed by atoms with Crippen molar-refractivity contribution in [1.82, 2.24) is 0 Å². The molecule has 1 aliphatic heterocycles. The standard InChI is InChI=1S/C26H29NOS/c1-18(2)9-8-14-29(28)17-19(3)15-25(27-29)20-12-13-22-21-10-6-7-11-23(21)26(4,5)24(22)16-20/h6-13,15-18H,14H2,1-5H3/b9-8+. The van der Waals surface area contributed by atoms with Crippen molar-refractivity contribution in [3.05, 3.63) is 88.4 Å². The fourth-order valence-electron chi connectivity index (χ4n) is 4.31. The van der Waals surface area contributed by atoms with Gasteiger partial charge < -0.3 is 0 Å². The van der Waals surface area contributed by atoms with Crippen molar-refractivity contribution in [3.63, 3.8) is 0 Å². The van der Waals surface area contributed by atoms with Gasteiger partial charge in [-0.1, -0.05) is 76.2 Å². The Labute approximate surface area is 175 Å². The van der Waals surface area contributed by atoms with Gasteiger partial charge in [0.1, 0.15) is 0 Å². The Hall–Kier alpha value is -2.39. The summed E-state index contributed by atoms with van der Waals surface area (Å²) in [5.41, 5.74) is 8.10. The molecule has 0 saturated heterocycles. The van der Waals surface area contributed by atoms with E-state index in [0.717, 1.165) is 16.8 Å². The molecule has 4 rings (SSSR count). The van der Waals surface area contributed by atoms with Crippen LogP contribution in [0, 0.1) is 5.92 Å². The number of hydrogen-bond donors (Lipinski definition) is 0. The summed E-state index contributed by atoms with van der Waals surface area (Å²) in [5, 5.41) is 1.83. The third kappa shape index (κ3) is 3.64. The van der Waals surface area contributed by atoms with Crippen LogP contribution in [0.1, 0.15) is 51.3 Å². The summed E-state index contributed by atoms with van der Waals surface area (Å²) >= 11 is 0. The lowest BCUT2D eigenvalue weighted by molar-refractivity contribution is 0.660. The Morgan fingerprint density at radius 1 is 1.07 bits per heavy atom. The van der Waals surface area contributed by atoms with Crippen molar-refractivity contribution < 1.29 is 4.21 Å². The van der Waals surface area contributed by atoms with Crippen LogP contribution in [0.25, 0.3) is 16.8 Å². The highest BCUT2D eigenvalue weighted by Crippen LogP contribution is 2.49. The highest BCUT2D eigenvalue weighted by molar-refractivity contribution is 7.96. The molecule has 2 aromatic carbocycles. The minimum Gasteiger partial charge on any atom is -0.245 e. The van der Waals surface area contributed by atoms with Crippen LogP contribution in [0.15, 0.2) is 76.0 Å². The molecule has 0 spiro atoms. The summed E-state index contributed by atoms with van der Waals surface area (Å²) in [6.07, 6.45) is 6.15. The van der Waals surface area contributed by atoms with Crippen LogP contribution in [-0.2, 0) is 15.1 Å². The average molecular weight is 404 g/mol. The largest absolute Gasteiger partial charge is 0.245 e. The van der Waals surface area contributed by atoms with Crippen LogP contribution >= 0.6 is 0 Å². The molecule has 0 radical (unpaired) electrons. The molecule has 2 aromatic rings. The molecule has 1 heterocycles. The molecule has 0 aromatic heterocycles. The van der Waals surface area contributed by atoms with Crippen molar-refractivity contribution >= 4 is 15.4 Å². The summed E-state index contributed by atoms with van der Waals surface area (Å²) in [7, 11) is -2.42. The molecule has 3 heteroatoms. The third-order valence-electron chi connectivity index (χ3n) is 5.72. The summed E-state index contributed by atoms with van der Waals surface area (Å²) in [6, 6.07) is 15.2. The SMILES string of the molecule is CC1=CS(=O)(C/C=C/C(C)C)=NC(c2ccc3c(c2)C(C)(C)c2ccccc2-3)=C1. The average Bonchev–Trinajstić information content (AvgIpc) is 2.88. The molecule has 2 nitrogen and oxygen atoms in total. The molecule has 1 unspecified atom stereocenters. The molecule has 0 amide bonds. The Bertz CT molecular complexity index is 1180. The number of nitrogens with zero attached hydrogens (tertiary/aromatic N) is 1. The fourth-order valence-corrected chi connectivity index (χ4v) is 6.06. The molecule has 1 aliphatic carbocycles. The molecule has 0 N–H and O–H groups in total. The van der Waals surface area contributed by atoms with Crippen LogP contribution in [0.2, 0.25) is 0 Å². The maximum atomic E-state index is 13.4. The van der Waals surface area contributed by atoms with E-state index in [2.05, 4.69) is 76.2 Å². The van der Waals surface area contributed by atoms with Crippen LogP contribution in [0.5, 0.6) is 0 Å². The second-order valence-electron chi connectivity index (χ2n) is 8.94. The summed E-state index contributed by atoms with van der Waals surface area (Å²) < 4.78 is 18.1. The normalized spacial score (nSPS) is 22.1. The van der Waals surface area contributed by atoms with Gasteiger partial charge in [-0.25, -0.2) is 4.21 Å². The number of fused-ring (bicyclic) bond motifs is 3. The van der Waals surface area contributed by atoms with Crippen LogP contribution < -0.4 is 0 Å². The number of benzene rings is 2. The van der Waals surface area contributed by atoms with Crippen LogP contribution in [0.4, 0.5) is 0 Å². The van der Waals surface area contributed by atoms with Gasteiger partial charge in [0.05, 0.1) is 21.2 Å². The first kappa shape index (κ1) is 19.9. The van der Waals surface area contributed by atoms with E-state index in [1.807, 2.05) is 24.5 Å². The van der Waals surface area contributed by atoms with Crippen LogP contribution in [0.3, 0.4) is 0 Å². The zero-order valence-electron chi connectivity index (χ0n) is 17.9. The fraction of sp³-hybridized carbons (Fsp3) is 0.308. The van der Waals surface area contributed by atoms with Gasteiger partial charge in [0.2, 0.25) is 0 Å². The zero-order valence-corrected chi connectivity index (χ0v) is 18.7. The van der Waals surface area contributed by atoms with E-state index >= 15 is 0 Å². The van der Waals surface area contributed by atoms with Gasteiger partial charge in [-0.3, -0.25) is 0 Å². The van der Waals surface area contributed by atoms with E-state index in [0.29, 0.717) is 11.7 Å². The molecule has 0 saturated carbocycles. The smallest absolute Gasteiger partial charge is 0.0808 e. The molecule has 150 valence electrons. The van der Waals surface area contributed by atoms with E-state index < -0.39 is 9.73 Å². The zero-order chi connectivity index (χ0) is 20.8. The number of hydrogen-bond acceptors (Lipinski definition) is 2.